The molecule has 1 aromatic rings. The van der Waals surface area contributed by atoms with Crippen LogP contribution in [-0.4, -0.2) is 35.0 Å². The first-order chi connectivity index (χ1) is 11.5. The van der Waals surface area contributed by atoms with Gasteiger partial charge in [0.05, 0.1) is 0 Å². The van der Waals surface area contributed by atoms with E-state index in [1.807, 2.05) is 18.2 Å². The Balaban J connectivity index is 1.84. The van der Waals surface area contributed by atoms with Gasteiger partial charge in [-0.3, -0.25) is 9.59 Å². The molecule has 1 N–H and O–H groups in total. The maximum atomic E-state index is 12.0. The number of hydroxylamine groups is 2. The molecular weight excluding hydrogens is 316 g/mol. The lowest BCUT2D eigenvalue weighted by Gasteiger charge is -2.18. The van der Waals surface area contributed by atoms with Crippen LogP contribution < -0.4 is 5.32 Å². The van der Waals surface area contributed by atoms with E-state index in [1.54, 1.807) is 19.1 Å². The number of hydrogen-bond acceptors (Lipinski definition) is 6. The Morgan fingerprint density at radius 1 is 1.17 bits per heavy atom. The lowest BCUT2D eigenvalue weighted by atomic mass is 10.2. The largest absolute Gasteiger partial charge is 0.445 e. The highest BCUT2D eigenvalue weighted by Gasteiger charge is 2.35. The van der Waals surface area contributed by atoms with Crippen molar-refractivity contribution in [2.75, 3.05) is 0 Å². The van der Waals surface area contributed by atoms with Crippen molar-refractivity contribution in [2.24, 2.45) is 0 Å². The third-order valence-corrected chi connectivity index (χ3v) is 3.38. The van der Waals surface area contributed by atoms with Crippen LogP contribution in [0.1, 0.15) is 31.7 Å². The number of imide groups is 1. The topological polar surface area (TPSA) is 102 Å². The van der Waals surface area contributed by atoms with E-state index in [-0.39, 0.29) is 25.9 Å². The Hall–Kier alpha value is -2.90. The minimum atomic E-state index is -1.02. The number of rotatable bonds is 6. The van der Waals surface area contributed by atoms with Crippen molar-refractivity contribution in [2.45, 2.75) is 38.8 Å². The molecule has 0 bridgehead atoms. The number of carbonyl (C=O) groups is 4. The van der Waals surface area contributed by atoms with Crippen molar-refractivity contribution in [3.63, 3.8) is 0 Å². The summed E-state index contributed by atoms with van der Waals surface area (Å²) in [7, 11) is 0. The van der Waals surface area contributed by atoms with Crippen LogP contribution in [0.5, 0.6) is 0 Å². The van der Waals surface area contributed by atoms with Crippen LogP contribution in [0.2, 0.25) is 0 Å². The predicted octanol–water partition coefficient (Wildman–Crippen LogP) is 1.30. The molecule has 2 rings (SSSR count). The second kappa shape index (κ2) is 8.09. The Bertz CT molecular complexity index is 615. The standard InChI is InChI=1S/C16H18N2O6/c1-2-12(15(21)24-18-13(19)8-9-14(18)20)17-16(22)23-10-11-6-4-3-5-7-11/h3-7,12H,2,8-10H2,1H3,(H,17,22)/t12-/m0/s1. The molecule has 0 aromatic heterocycles. The molecule has 0 aliphatic carbocycles. The van der Waals surface area contributed by atoms with E-state index >= 15 is 0 Å². The van der Waals surface area contributed by atoms with Gasteiger partial charge >= 0.3 is 12.1 Å². The van der Waals surface area contributed by atoms with E-state index in [9.17, 15) is 19.2 Å². The first-order valence-corrected chi connectivity index (χ1v) is 7.56. The maximum Gasteiger partial charge on any atom is 0.408 e. The van der Waals surface area contributed by atoms with Crippen LogP contribution in [0.25, 0.3) is 0 Å². The molecule has 1 aromatic carbocycles. The van der Waals surface area contributed by atoms with Gasteiger partial charge in [0, 0.05) is 12.8 Å². The SMILES string of the molecule is CC[C@H](NC(=O)OCc1ccccc1)C(=O)ON1C(=O)CCC1=O. The van der Waals surface area contributed by atoms with Crippen LogP contribution in [0.15, 0.2) is 30.3 Å². The predicted molar refractivity (Wildman–Crippen MR) is 81.0 cm³/mol. The number of nitrogens with one attached hydrogen (secondary N) is 1. The zero-order chi connectivity index (χ0) is 17.5. The zero-order valence-electron chi connectivity index (χ0n) is 13.2. The summed E-state index contributed by atoms with van der Waals surface area (Å²) in [6, 6.07) is 8.04. The van der Waals surface area contributed by atoms with Gasteiger partial charge in [-0.05, 0) is 12.0 Å². The van der Waals surface area contributed by atoms with Gasteiger partial charge in [0.25, 0.3) is 11.8 Å². The highest BCUT2D eigenvalue weighted by atomic mass is 16.7. The van der Waals surface area contributed by atoms with Crippen molar-refractivity contribution in [1.29, 1.82) is 0 Å². The number of alkyl carbamates (subject to hydrolysis) is 1. The van der Waals surface area contributed by atoms with Crippen molar-refractivity contribution in [3.05, 3.63) is 35.9 Å². The first kappa shape index (κ1) is 17.5. The highest BCUT2D eigenvalue weighted by molar-refractivity contribution is 6.01. The van der Waals surface area contributed by atoms with Gasteiger partial charge in [-0.15, -0.1) is 5.06 Å². The third-order valence-electron chi connectivity index (χ3n) is 3.38. The second-order valence-corrected chi connectivity index (χ2v) is 5.16. The van der Waals surface area contributed by atoms with Gasteiger partial charge < -0.3 is 14.9 Å². The third kappa shape index (κ3) is 4.55. The number of hydrogen-bond donors (Lipinski definition) is 1. The fourth-order valence-electron chi connectivity index (χ4n) is 2.05. The molecule has 0 spiro atoms. The van der Waals surface area contributed by atoms with E-state index < -0.39 is 29.9 Å². The molecule has 1 aliphatic rings. The first-order valence-electron chi connectivity index (χ1n) is 7.56. The molecule has 1 saturated heterocycles. The molecule has 1 heterocycles. The second-order valence-electron chi connectivity index (χ2n) is 5.16. The molecule has 1 fully saturated rings. The number of ether oxygens (including phenoxy) is 1. The minimum Gasteiger partial charge on any atom is -0.445 e. The molecule has 0 radical (unpaired) electrons. The summed E-state index contributed by atoms with van der Waals surface area (Å²) in [5.74, 6) is -2.04. The van der Waals surface area contributed by atoms with E-state index in [0.29, 0.717) is 5.06 Å². The Labute approximate surface area is 138 Å². The van der Waals surface area contributed by atoms with Crippen LogP contribution in [0.4, 0.5) is 4.79 Å². The van der Waals surface area contributed by atoms with Crippen LogP contribution >= 0.6 is 0 Å². The van der Waals surface area contributed by atoms with Crippen molar-refractivity contribution in [1.82, 2.24) is 10.4 Å². The summed E-state index contributed by atoms with van der Waals surface area (Å²) in [6.45, 7) is 1.71. The van der Waals surface area contributed by atoms with Gasteiger partial charge in [0.2, 0.25) is 0 Å². The summed E-state index contributed by atoms with van der Waals surface area (Å²) in [6.07, 6.45) is -0.554. The van der Waals surface area contributed by atoms with E-state index in [4.69, 9.17) is 9.57 Å². The van der Waals surface area contributed by atoms with Crippen molar-refractivity contribution >= 4 is 23.9 Å². The fourth-order valence-corrected chi connectivity index (χ4v) is 2.05. The maximum absolute atomic E-state index is 12.0. The van der Waals surface area contributed by atoms with Gasteiger partial charge in [-0.2, -0.15) is 0 Å². The average molecular weight is 334 g/mol. The van der Waals surface area contributed by atoms with Crippen LogP contribution in [-0.2, 0) is 30.6 Å². The van der Waals surface area contributed by atoms with Crippen LogP contribution in [0, 0.1) is 0 Å². The normalized spacial score (nSPS) is 15.1. The molecule has 1 aliphatic heterocycles. The Morgan fingerprint density at radius 3 is 2.38 bits per heavy atom. The lowest BCUT2D eigenvalue weighted by molar-refractivity contribution is -0.198. The molecule has 3 amide bonds. The molecular formula is C16H18N2O6. The number of carbonyl (C=O) groups excluding carboxylic acids is 4. The monoisotopic (exact) mass is 334 g/mol. The summed E-state index contributed by atoms with van der Waals surface area (Å²) in [5.41, 5.74) is 0.802. The van der Waals surface area contributed by atoms with Crippen LogP contribution in [0.3, 0.4) is 0 Å². The lowest BCUT2D eigenvalue weighted by Crippen LogP contribution is -2.45. The quantitative estimate of drug-likeness (QED) is 0.787. The van der Waals surface area contributed by atoms with E-state index in [0.717, 1.165) is 5.56 Å². The molecule has 8 heteroatoms. The highest BCUT2D eigenvalue weighted by Crippen LogP contribution is 2.13. The molecule has 1 atom stereocenters. The number of amides is 3. The van der Waals surface area contributed by atoms with Gasteiger partial charge in [-0.25, -0.2) is 9.59 Å². The molecule has 0 saturated carbocycles. The Morgan fingerprint density at radius 2 is 1.79 bits per heavy atom. The number of nitrogens with zero attached hydrogens (tertiary/aromatic N) is 1. The smallest absolute Gasteiger partial charge is 0.408 e. The van der Waals surface area contributed by atoms with E-state index in [1.165, 1.54) is 0 Å². The Kier molecular flexibility index (Phi) is 5.89. The molecule has 0 unspecified atom stereocenters. The summed E-state index contributed by atoms with van der Waals surface area (Å²) in [4.78, 5) is 51.4. The molecule has 8 nitrogen and oxygen atoms in total. The summed E-state index contributed by atoms with van der Waals surface area (Å²) >= 11 is 0. The molecule has 24 heavy (non-hydrogen) atoms. The summed E-state index contributed by atoms with van der Waals surface area (Å²) in [5, 5.41) is 2.80. The summed E-state index contributed by atoms with van der Waals surface area (Å²) < 4.78 is 5.02. The minimum absolute atomic E-state index is 0.00938. The van der Waals surface area contributed by atoms with Crippen molar-refractivity contribution < 1.29 is 28.8 Å². The fraction of sp³-hybridized carbons (Fsp3) is 0.375. The van der Waals surface area contributed by atoms with Gasteiger partial charge in [0.15, 0.2) is 0 Å². The average Bonchev–Trinajstić information content (AvgIpc) is 2.90. The zero-order valence-corrected chi connectivity index (χ0v) is 13.2. The van der Waals surface area contributed by atoms with E-state index in [2.05, 4.69) is 5.32 Å². The van der Waals surface area contributed by atoms with Gasteiger partial charge in [-0.1, -0.05) is 37.3 Å². The van der Waals surface area contributed by atoms with Crippen molar-refractivity contribution in [3.8, 4) is 0 Å². The number of benzene rings is 1. The molecule has 128 valence electrons. The van der Waals surface area contributed by atoms with Gasteiger partial charge in [0.1, 0.15) is 12.6 Å².